The van der Waals surface area contributed by atoms with E-state index in [1.165, 1.54) is 12.8 Å². The highest BCUT2D eigenvalue weighted by Crippen LogP contribution is 2.32. The summed E-state index contributed by atoms with van der Waals surface area (Å²) in [6, 6.07) is 6.16. The van der Waals surface area contributed by atoms with Gasteiger partial charge >= 0.3 is 0 Å². The highest BCUT2D eigenvalue weighted by atomic mass is 35.5. The first-order valence-corrected chi connectivity index (χ1v) is 5.62. The number of rotatable bonds is 2. The molecule has 0 bridgehead atoms. The summed E-state index contributed by atoms with van der Waals surface area (Å²) in [7, 11) is 0. The van der Waals surface area contributed by atoms with Crippen LogP contribution in [0.1, 0.15) is 19.8 Å². The van der Waals surface area contributed by atoms with Crippen molar-refractivity contribution in [3.05, 3.63) is 28.2 Å². The molecule has 1 saturated carbocycles. The lowest BCUT2D eigenvalue weighted by Gasteiger charge is -2.34. The van der Waals surface area contributed by atoms with E-state index >= 15 is 0 Å². The van der Waals surface area contributed by atoms with E-state index in [2.05, 4.69) is 12.2 Å². The second kappa shape index (κ2) is 4.00. The topological polar surface area (TPSA) is 12.0 Å². The average Bonchev–Trinajstić information content (AvgIpc) is 2.06. The van der Waals surface area contributed by atoms with Gasteiger partial charge in [-0.25, -0.2) is 0 Å². The van der Waals surface area contributed by atoms with E-state index in [-0.39, 0.29) is 0 Å². The van der Waals surface area contributed by atoms with Crippen LogP contribution < -0.4 is 5.32 Å². The van der Waals surface area contributed by atoms with Gasteiger partial charge in [-0.1, -0.05) is 30.1 Å². The van der Waals surface area contributed by atoms with E-state index in [1.807, 2.05) is 12.1 Å². The van der Waals surface area contributed by atoms with E-state index in [1.54, 1.807) is 6.07 Å². The summed E-state index contributed by atoms with van der Waals surface area (Å²) in [6.07, 6.45) is 2.47. The van der Waals surface area contributed by atoms with Gasteiger partial charge in [-0.05, 0) is 37.0 Å². The number of benzene rings is 1. The molecule has 76 valence electrons. The quantitative estimate of drug-likeness (QED) is 0.802. The van der Waals surface area contributed by atoms with Crippen LogP contribution in [0.3, 0.4) is 0 Å². The Hall–Kier alpha value is -0.400. The van der Waals surface area contributed by atoms with Crippen LogP contribution in [0.4, 0.5) is 5.69 Å². The third-order valence-corrected chi connectivity index (χ3v) is 3.21. The van der Waals surface area contributed by atoms with Crippen LogP contribution in [0.2, 0.25) is 10.0 Å². The number of halogens is 2. The van der Waals surface area contributed by atoms with Crippen LogP contribution >= 0.6 is 23.2 Å². The van der Waals surface area contributed by atoms with Crippen molar-refractivity contribution < 1.29 is 0 Å². The molecular formula is C11H13Cl2N. The molecule has 1 N–H and O–H groups in total. The highest BCUT2D eigenvalue weighted by Gasteiger charge is 2.25. The fourth-order valence-electron chi connectivity index (χ4n) is 1.85. The molecule has 1 aliphatic rings. The molecule has 1 nitrogen and oxygen atoms in total. The van der Waals surface area contributed by atoms with E-state index in [9.17, 15) is 0 Å². The molecule has 1 aliphatic carbocycles. The van der Waals surface area contributed by atoms with E-state index in [0.29, 0.717) is 16.1 Å². The summed E-state index contributed by atoms with van der Waals surface area (Å²) in [4.78, 5) is 0. The Morgan fingerprint density at radius 1 is 1.29 bits per heavy atom. The molecule has 0 aliphatic heterocycles. The normalized spacial score (nSPS) is 25.6. The van der Waals surface area contributed by atoms with Crippen LogP contribution in [-0.4, -0.2) is 6.04 Å². The van der Waals surface area contributed by atoms with Gasteiger partial charge in [0.25, 0.3) is 0 Å². The summed E-state index contributed by atoms with van der Waals surface area (Å²) in [5.41, 5.74) is 0.993. The lowest BCUT2D eigenvalue weighted by atomic mass is 9.82. The smallest absolute Gasteiger partial charge is 0.0652 e. The molecule has 0 spiro atoms. The van der Waals surface area contributed by atoms with Crippen LogP contribution in [0, 0.1) is 5.92 Å². The van der Waals surface area contributed by atoms with Gasteiger partial charge in [-0.3, -0.25) is 0 Å². The maximum absolute atomic E-state index is 6.04. The van der Waals surface area contributed by atoms with Gasteiger partial charge < -0.3 is 5.32 Å². The maximum atomic E-state index is 6.04. The van der Waals surface area contributed by atoms with Crippen molar-refractivity contribution >= 4 is 28.9 Å². The molecule has 0 aromatic heterocycles. The Morgan fingerprint density at radius 3 is 2.57 bits per heavy atom. The highest BCUT2D eigenvalue weighted by molar-refractivity contribution is 6.36. The second-order valence-electron chi connectivity index (χ2n) is 4.04. The van der Waals surface area contributed by atoms with E-state index in [0.717, 1.165) is 11.6 Å². The minimum atomic E-state index is 0.587. The van der Waals surface area contributed by atoms with Crippen LogP contribution in [-0.2, 0) is 0 Å². The zero-order valence-electron chi connectivity index (χ0n) is 8.06. The molecule has 0 atom stereocenters. The molecule has 1 aromatic rings. The Bertz CT molecular complexity index is 332. The summed E-state index contributed by atoms with van der Waals surface area (Å²) >= 11 is 11.9. The molecule has 2 rings (SSSR count). The van der Waals surface area contributed by atoms with Crippen molar-refractivity contribution in [3.8, 4) is 0 Å². The van der Waals surface area contributed by atoms with Crippen LogP contribution in [0.15, 0.2) is 18.2 Å². The Kier molecular flexibility index (Phi) is 2.89. The standard InChI is InChI=1S/C11H13Cl2N/c1-7-4-9(5-7)14-11-3-2-8(12)6-10(11)13/h2-3,6-7,9,14H,4-5H2,1H3. The fraction of sp³-hybridized carbons (Fsp3) is 0.455. The molecule has 3 heteroatoms. The summed E-state index contributed by atoms with van der Waals surface area (Å²) in [5.74, 6) is 0.846. The molecule has 0 amide bonds. The average molecular weight is 230 g/mol. The zero-order valence-corrected chi connectivity index (χ0v) is 9.57. The summed E-state index contributed by atoms with van der Waals surface area (Å²) < 4.78 is 0. The third-order valence-electron chi connectivity index (χ3n) is 2.66. The maximum Gasteiger partial charge on any atom is 0.0652 e. The molecule has 0 radical (unpaired) electrons. The van der Waals surface area contributed by atoms with Gasteiger partial charge in [-0.2, -0.15) is 0 Å². The number of nitrogens with one attached hydrogen (secondary N) is 1. The molecule has 0 unspecified atom stereocenters. The Balaban J connectivity index is 2.02. The minimum Gasteiger partial charge on any atom is -0.381 e. The van der Waals surface area contributed by atoms with Crippen molar-refractivity contribution in [3.63, 3.8) is 0 Å². The first kappa shape index (κ1) is 10.1. The van der Waals surface area contributed by atoms with Gasteiger partial charge in [0.2, 0.25) is 0 Å². The van der Waals surface area contributed by atoms with Crippen molar-refractivity contribution in [1.29, 1.82) is 0 Å². The lowest BCUT2D eigenvalue weighted by molar-refractivity contribution is 0.309. The van der Waals surface area contributed by atoms with Crippen molar-refractivity contribution in [1.82, 2.24) is 0 Å². The van der Waals surface area contributed by atoms with E-state index in [4.69, 9.17) is 23.2 Å². The van der Waals surface area contributed by atoms with Crippen molar-refractivity contribution in [2.45, 2.75) is 25.8 Å². The fourth-order valence-corrected chi connectivity index (χ4v) is 2.31. The third kappa shape index (κ3) is 2.15. The Labute approximate surface area is 94.4 Å². The van der Waals surface area contributed by atoms with Gasteiger partial charge in [0.05, 0.1) is 10.7 Å². The molecule has 0 heterocycles. The van der Waals surface area contributed by atoms with Crippen molar-refractivity contribution in [2.75, 3.05) is 5.32 Å². The lowest BCUT2D eigenvalue weighted by Crippen LogP contribution is -2.33. The number of hydrogen-bond acceptors (Lipinski definition) is 1. The molecule has 0 saturated heterocycles. The zero-order chi connectivity index (χ0) is 10.1. The van der Waals surface area contributed by atoms with Gasteiger partial charge in [0.15, 0.2) is 0 Å². The molecule has 14 heavy (non-hydrogen) atoms. The molecule has 1 fully saturated rings. The van der Waals surface area contributed by atoms with Gasteiger partial charge in [-0.15, -0.1) is 0 Å². The SMILES string of the molecule is CC1CC(Nc2ccc(Cl)cc2Cl)C1. The summed E-state index contributed by atoms with van der Waals surface area (Å²) in [6.45, 7) is 2.27. The second-order valence-corrected chi connectivity index (χ2v) is 4.89. The molecule has 1 aromatic carbocycles. The first-order valence-electron chi connectivity index (χ1n) is 4.87. The monoisotopic (exact) mass is 229 g/mol. The number of anilines is 1. The van der Waals surface area contributed by atoms with Gasteiger partial charge in [0.1, 0.15) is 0 Å². The van der Waals surface area contributed by atoms with Gasteiger partial charge in [0, 0.05) is 11.1 Å². The minimum absolute atomic E-state index is 0.587. The number of hydrogen-bond donors (Lipinski definition) is 1. The largest absolute Gasteiger partial charge is 0.381 e. The Morgan fingerprint density at radius 2 is 2.00 bits per heavy atom. The van der Waals surface area contributed by atoms with Crippen LogP contribution in [0.5, 0.6) is 0 Å². The predicted molar refractivity (Wildman–Crippen MR) is 62.3 cm³/mol. The predicted octanol–water partition coefficient (Wildman–Crippen LogP) is 4.20. The van der Waals surface area contributed by atoms with Crippen LogP contribution in [0.25, 0.3) is 0 Å². The summed E-state index contributed by atoms with van der Waals surface area (Å²) in [5, 5.41) is 4.80. The van der Waals surface area contributed by atoms with Crippen molar-refractivity contribution in [2.24, 2.45) is 5.92 Å². The molecular weight excluding hydrogens is 217 g/mol. The first-order chi connectivity index (χ1) is 6.65. The van der Waals surface area contributed by atoms with E-state index < -0.39 is 0 Å².